The Morgan fingerprint density at radius 1 is 1.73 bits per heavy atom. The molecule has 0 aliphatic rings. The Kier molecular flexibility index (Phi) is 2.02. The molecule has 1 amide bonds. The van der Waals surface area contributed by atoms with Gasteiger partial charge in [0.25, 0.3) is 0 Å². The van der Waals surface area contributed by atoms with E-state index in [1.54, 1.807) is 5.73 Å². The highest BCUT2D eigenvalue weighted by Crippen LogP contribution is 2.11. The van der Waals surface area contributed by atoms with E-state index >= 15 is 0 Å². The predicted octanol–water partition coefficient (Wildman–Crippen LogP) is 1.53. The van der Waals surface area contributed by atoms with Gasteiger partial charge in [-0.3, -0.25) is 4.79 Å². The first-order valence-electron chi connectivity index (χ1n) is 3.32. The van der Waals surface area contributed by atoms with Crippen molar-refractivity contribution in [2.24, 2.45) is 5.73 Å². The molecule has 0 saturated heterocycles. The summed E-state index contributed by atoms with van der Waals surface area (Å²) in [4.78, 5) is 10.8. The molecule has 2 nitrogen and oxygen atoms in total. The third kappa shape index (κ3) is 1.89. The Balaban J connectivity index is 3.05. The van der Waals surface area contributed by atoms with E-state index in [2.05, 4.69) is 0 Å². The monoisotopic (exact) mass is 266 g/mol. The number of amides is 1. The first kappa shape index (κ1) is 7.02. The summed E-state index contributed by atoms with van der Waals surface area (Å²) in [6, 6.07) is 4.06. The molecule has 2 N–H and O–H groups in total. The fourth-order valence-electron chi connectivity index (χ4n) is 0.637. The topological polar surface area (TPSA) is 43.1 Å². The molecule has 0 radical (unpaired) electrons. The highest BCUT2D eigenvalue weighted by atomic mass is 127. The lowest BCUT2D eigenvalue weighted by Gasteiger charge is -1.96. The lowest BCUT2D eigenvalue weighted by atomic mass is 10.2. The molecule has 0 fully saturated rings. The Labute approximate surface area is 78.2 Å². The molecule has 0 saturated carbocycles. The van der Waals surface area contributed by atoms with Crippen molar-refractivity contribution in [1.82, 2.24) is 0 Å². The highest BCUT2D eigenvalue weighted by molar-refractivity contribution is 14.1. The number of benzene rings is 1. The van der Waals surface area contributed by atoms with Gasteiger partial charge in [-0.05, 0) is 40.8 Å². The van der Waals surface area contributed by atoms with Crippen molar-refractivity contribution in [3.05, 3.63) is 33.1 Å². The number of hydrogen-bond donors (Lipinski definition) is 1. The van der Waals surface area contributed by atoms with Gasteiger partial charge in [0.15, 0.2) is 1.41 Å². The molecule has 1 aromatic rings. The lowest BCUT2D eigenvalue weighted by molar-refractivity contribution is 0.1000. The number of carbonyl (C=O) groups excluding carboxylic acids is 1. The molecule has 4 heteroatoms. The fraction of sp³-hybridized carbons (Fsp3) is 0. The number of carbonyl (C=O) groups is 1. The second-order valence-electron chi connectivity index (χ2n) is 1.96. The molecule has 0 unspecified atom stereocenters. The maximum atomic E-state index is 12.8. The minimum atomic E-state index is -0.606. The van der Waals surface area contributed by atoms with E-state index in [0.717, 1.165) is 6.07 Å². The normalized spacial score (nSPS) is 10.5. The van der Waals surface area contributed by atoms with Crippen LogP contribution in [0.2, 0.25) is 1.41 Å². The summed E-state index contributed by atoms with van der Waals surface area (Å²) < 4.78 is 19.8. The van der Waals surface area contributed by atoms with Gasteiger partial charge in [0.05, 0.1) is 0 Å². The largest absolute Gasteiger partial charge is 0.366 e. The summed E-state index contributed by atoms with van der Waals surface area (Å²) >= 11 is 1.82. The van der Waals surface area contributed by atoms with Crippen molar-refractivity contribution in [2.75, 3.05) is 0 Å². The summed E-state index contributed by atoms with van der Waals surface area (Å²) in [5, 5.41) is 0. The van der Waals surface area contributed by atoms with Crippen LogP contribution >= 0.6 is 22.6 Å². The zero-order valence-corrected chi connectivity index (χ0v) is 7.55. The first-order valence-corrected chi connectivity index (χ1v) is 3.90. The van der Waals surface area contributed by atoms with E-state index < -0.39 is 11.7 Å². The Bertz CT molecular complexity index is 318. The molecule has 1 aromatic carbocycles. The van der Waals surface area contributed by atoms with Crippen molar-refractivity contribution in [3.8, 4) is 0 Å². The van der Waals surface area contributed by atoms with Gasteiger partial charge in [-0.2, -0.15) is 0 Å². The maximum Gasteiger partial charge on any atom is 0.248 e. The molecule has 0 heterocycles. The van der Waals surface area contributed by atoms with Crippen LogP contribution in [0.3, 0.4) is 0 Å². The van der Waals surface area contributed by atoms with Crippen LogP contribution in [-0.4, -0.2) is 5.91 Å². The standard InChI is InChI=1S/C7H5FINO/c8-5-3-4(7(10)11)1-2-6(5)9/h1-3H,(H2,10,11)/i/hD. The van der Waals surface area contributed by atoms with E-state index in [-0.39, 0.29) is 5.56 Å². The molecule has 1 rings (SSSR count). The average Bonchev–Trinajstić information content (AvgIpc) is 2.08. The van der Waals surface area contributed by atoms with Crippen LogP contribution in [0.5, 0.6) is 0 Å². The number of nitrogens with two attached hydrogens (primary N) is 1. The van der Waals surface area contributed by atoms with Gasteiger partial charge in [-0.15, -0.1) is 0 Å². The molecule has 0 spiro atoms. The lowest BCUT2D eigenvalue weighted by Crippen LogP contribution is -2.11. The van der Waals surface area contributed by atoms with Gasteiger partial charge in [0.2, 0.25) is 5.91 Å². The molecule has 11 heavy (non-hydrogen) atoms. The highest BCUT2D eigenvalue weighted by Gasteiger charge is 2.03. The summed E-state index contributed by atoms with van der Waals surface area (Å²) in [6.45, 7) is 0. The van der Waals surface area contributed by atoms with Gasteiger partial charge >= 0.3 is 0 Å². The zero-order chi connectivity index (χ0) is 9.14. The van der Waals surface area contributed by atoms with Crippen molar-refractivity contribution < 1.29 is 10.6 Å². The summed E-state index contributed by atoms with van der Waals surface area (Å²) in [7, 11) is 0. The predicted molar refractivity (Wildman–Crippen MR) is 47.6 cm³/mol. The van der Waals surface area contributed by atoms with Crippen LogP contribution in [0.25, 0.3) is 0 Å². The van der Waals surface area contributed by atoms with Crippen LogP contribution in [0.15, 0.2) is 18.2 Å². The average molecular weight is 266 g/mol. The maximum absolute atomic E-state index is 12.8. The Hall–Kier alpha value is -0.650. The molecule has 0 aliphatic heterocycles. The minimum Gasteiger partial charge on any atom is -0.366 e. The third-order valence-corrected chi connectivity index (χ3v) is 2.06. The summed E-state index contributed by atoms with van der Waals surface area (Å²) in [5.74, 6) is -1.05. The molecule has 0 bridgehead atoms. The second-order valence-corrected chi connectivity index (χ2v) is 3.12. The number of primary amides is 1. The summed E-state index contributed by atoms with van der Waals surface area (Å²) in [6.07, 6.45) is 0. The SMILES string of the molecule is [2H]NC(=O)c1ccc(I)c(F)c1. The molecule has 0 atom stereocenters. The van der Waals surface area contributed by atoms with Gasteiger partial charge in [-0.1, -0.05) is 0 Å². The molecular weight excluding hydrogens is 260 g/mol. The molecule has 0 aromatic heterocycles. The van der Waals surface area contributed by atoms with Crippen LogP contribution in [0.1, 0.15) is 10.4 Å². The van der Waals surface area contributed by atoms with Crippen molar-refractivity contribution in [3.63, 3.8) is 0 Å². The van der Waals surface area contributed by atoms with E-state index in [1.807, 2.05) is 22.6 Å². The smallest absolute Gasteiger partial charge is 0.248 e. The number of rotatable bonds is 1. The second kappa shape index (κ2) is 3.17. The van der Waals surface area contributed by atoms with Gasteiger partial charge in [-0.25, -0.2) is 4.39 Å². The first-order chi connectivity index (χ1) is 5.65. The van der Waals surface area contributed by atoms with Gasteiger partial charge in [0, 0.05) is 9.13 Å². The third-order valence-electron chi connectivity index (χ3n) is 1.18. The quantitative estimate of drug-likeness (QED) is 0.769. The van der Waals surface area contributed by atoms with E-state index in [4.69, 9.17) is 1.41 Å². The van der Waals surface area contributed by atoms with E-state index in [9.17, 15) is 9.18 Å². The fourth-order valence-corrected chi connectivity index (χ4v) is 0.973. The van der Waals surface area contributed by atoms with Crippen LogP contribution in [0, 0.1) is 9.39 Å². The zero-order valence-electron chi connectivity index (χ0n) is 6.40. The van der Waals surface area contributed by atoms with E-state index in [1.165, 1.54) is 12.1 Å². The Morgan fingerprint density at radius 3 is 3.00 bits per heavy atom. The van der Waals surface area contributed by atoms with E-state index in [0.29, 0.717) is 3.57 Å². The van der Waals surface area contributed by atoms with Gasteiger partial charge in [0.1, 0.15) is 5.82 Å². The van der Waals surface area contributed by atoms with Crippen LogP contribution in [0.4, 0.5) is 4.39 Å². The van der Waals surface area contributed by atoms with Crippen molar-refractivity contribution >= 4 is 28.5 Å². The summed E-state index contributed by atoms with van der Waals surface area (Å²) in [5.41, 5.74) is 1.83. The Morgan fingerprint density at radius 2 is 2.45 bits per heavy atom. The molecular formula is C7H5FINO. The molecule has 0 aliphatic carbocycles. The van der Waals surface area contributed by atoms with Crippen LogP contribution in [-0.2, 0) is 0 Å². The van der Waals surface area contributed by atoms with Crippen molar-refractivity contribution in [1.29, 1.82) is 0 Å². The van der Waals surface area contributed by atoms with Crippen LogP contribution < -0.4 is 5.73 Å². The van der Waals surface area contributed by atoms with Gasteiger partial charge < -0.3 is 5.73 Å². The number of hydrogen-bond acceptors (Lipinski definition) is 1. The molecule has 58 valence electrons. The number of halogens is 2. The minimum absolute atomic E-state index is 0.155. The van der Waals surface area contributed by atoms with Crippen molar-refractivity contribution in [2.45, 2.75) is 0 Å².